The summed E-state index contributed by atoms with van der Waals surface area (Å²) in [7, 11) is 1.69. The maximum Gasteiger partial charge on any atom is 0.0905 e. The van der Waals surface area contributed by atoms with Gasteiger partial charge in [-0.2, -0.15) is 0 Å². The minimum absolute atomic E-state index is 0.326. The molecule has 0 bridgehead atoms. The van der Waals surface area contributed by atoms with Crippen molar-refractivity contribution in [2.24, 2.45) is 0 Å². The summed E-state index contributed by atoms with van der Waals surface area (Å²) >= 11 is 0. The van der Waals surface area contributed by atoms with Crippen molar-refractivity contribution in [1.82, 2.24) is 0 Å². The van der Waals surface area contributed by atoms with Crippen LogP contribution in [0.4, 0.5) is 0 Å². The number of aliphatic hydroxyl groups excluding tert-OH is 1. The molecule has 110 valence electrons. The molecule has 0 aromatic heterocycles. The van der Waals surface area contributed by atoms with E-state index in [0.29, 0.717) is 0 Å². The lowest BCUT2D eigenvalue weighted by atomic mass is 9.91. The Kier molecular flexibility index (Phi) is 10.8. The lowest BCUT2D eigenvalue weighted by Crippen LogP contribution is -2.40. The fraction of sp³-hybridized carbons (Fsp3) is 1.00. The van der Waals surface area contributed by atoms with Crippen LogP contribution in [0.3, 0.4) is 0 Å². The van der Waals surface area contributed by atoms with E-state index in [0.717, 1.165) is 19.3 Å². The van der Waals surface area contributed by atoms with Gasteiger partial charge in [0.1, 0.15) is 0 Å². The van der Waals surface area contributed by atoms with Crippen molar-refractivity contribution in [2.45, 2.75) is 96.7 Å². The summed E-state index contributed by atoms with van der Waals surface area (Å²) < 4.78 is 5.42. The normalized spacial score (nSPS) is 16.5. The number of rotatable bonds is 12. The van der Waals surface area contributed by atoms with Crippen LogP contribution in [0, 0.1) is 0 Å². The third-order valence-electron chi connectivity index (χ3n) is 4.20. The fourth-order valence-electron chi connectivity index (χ4n) is 2.29. The molecule has 0 heterocycles. The molecule has 0 saturated carbocycles. The lowest BCUT2D eigenvalue weighted by Gasteiger charge is -2.32. The third kappa shape index (κ3) is 7.38. The molecule has 0 aliphatic carbocycles. The summed E-state index contributed by atoms with van der Waals surface area (Å²) in [6.45, 7) is 6.32. The Balaban J connectivity index is 3.48. The molecule has 0 spiro atoms. The molecule has 0 saturated heterocycles. The molecule has 1 N–H and O–H groups in total. The SMILES string of the molecule is CCCCCCCCCCC(O)C(C)(CC)OC. The highest BCUT2D eigenvalue weighted by Gasteiger charge is 2.30. The molecule has 18 heavy (non-hydrogen) atoms. The lowest BCUT2D eigenvalue weighted by molar-refractivity contribution is -0.0954. The monoisotopic (exact) mass is 258 g/mol. The summed E-state index contributed by atoms with van der Waals surface area (Å²) in [5, 5.41) is 10.1. The van der Waals surface area contributed by atoms with E-state index >= 15 is 0 Å². The van der Waals surface area contributed by atoms with E-state index in [1.165, 1.54) is 44.9 Å². The van der Waals surface area contributed by atoms with Crippen molar-refractivity contribution < 1.29 is 9.84 Å². The van der Waals surface area contributed by atoms with Gasteiger partial charge in [-0.05, 0) is 19.8 Å². The summed E-state index contributed by atoms with van der Waals surface area (Å²) in [6.07, 6.45) is 11.9. The predicted molar refractivity (Wildman–Crippen MR) is 78.9 cm³/mol. The minimum Gasteiger partial charge on any atom is -0.390 e. The van der Waals surface area contributed by atoms with Crippen molar-refractivity contribution in [3.8, 4) is 0 Å². The summed E-state index contributed by atoms with van der Waals surface area (Å²) in [5.41, 5.74) is -0.360. The van der Waals surface area contributed by atoms with Crippen LogP contribution < -0.4 is 0 Å². The van der Waals surface area contributed by atoms with Gasteiger partial charge in [-0.1, -0.05) is 65.2 Å². The molecule has 0 rings (SSSR count). The highest BCUT2D eigenvalue weighted by atomic mass is 16.5. The van der Waals surface area contributed by atoms with Crippen molar-refractivity contribution in [1.29, 1.82) is 0 Å². The summed E-state index contributed by atoms with van der Waals surface area (Å²) in [5.74, 6) is 0. The van der Waals surface area contributed by atoms with Gasteiger partial charge < -0.3 is 9.84 Å². The molecule has 0 radical (unpaired) electrons. The average Bonchev–Trinajstić information content (AvgIpc) is 2.40. The first kappa shape index (κ1) is 17.9. The zero-order chi connectivity index (χ0) is 13.9. The first-order valence-corrected chi connectivity index (χ1v) is 7.84. The first-order chi connectivity index (χ1) is 8.60. The number of ether oxygens (including phenoxy) is 1. The van der Waals surface area contributed by atoms with Gasteiger partial charge in [0.25, 0.3) is 0 Å². The largest absolute Gasteiger partial charge is 0.390 e. The Bertz CT molecular complexity index is 176. The van der Waals surface area contributed by atoms with Gasteiger partial charge in [-0.25, -0.2) is 0 Å². The van der Waals surface area contributed by atoms with Crippen LogP contribution >= 0.6 is 0 Å². The summed E-state index contributed by atoms with van der Waals surface area (Å²) in [6, 6.07) is 0. The van der Waals surface area contributed by atoms with E-state index in [9.17, 15) is 5.11 Å². The molecule has 0 aliphatic rings. The Morgan fingerprint density at radius 3 is 1.89 bits per heavy atom. The van der Waals surface area contributed by atoms with Crippen LogP contribution in [0.15, 0.2) is 0 Å². The molecule has 0 amide bonds. The fourth-order valence-corrected chi connectivity index (χ4v) is 2.29. The molecular weight excluding hydrogens is 224 g/mol. The maximum atomic E-state index is 10.1. The Morgan fingerprint density at radius 2 is 1.44 bits per heavy atom. The molecule has 2 unspecified atom stereocenters. The zero-order valence-corrected chi connectivity index (χ0v) is 13.0. The zero-order valence-electron chi connectivity index (χ0n) is 13.0. The molecule has 0 fully saturated rings. The number of aliphatic hydroxyl groups is 1. The second kappa shape index (κ2) is 10.8. The number of methoxy groups -OCH3 is 1. The quantitative estimate of drug-likeness (QED) is 0.514. The van der Waals surface area contributed by atoms with Crippen LogP contribution in [0.5, 0.6) is 0 Å². The number of unbranched alkanes of at least 4 members (excludes halogenated alkanes) is 7. The second-order valence-electron chi connectivity index (χ2n) is 5.65. The van der Waals surface area contributed by atoms with Gasteiger partial charge in [0.15, 0.2) is 0 Å². The highest BCUT2D eigenvalue weighted by Crippen LogP contribution is 2.23. The van der Waals surface area contributed by atoms with Crippen LogP contribution in [0.1, 0.15) is 85.0 Å². The molecule has 0 aromatic rings. The van der Waals surface area contributed by atoms with Crippen molar-refractivity contribution in [3.63, 3.8) is 0 Å². The molecular formula is C16H34O2. The summed E-state index contributed by atoms with van der Waals surface area (Å²) in [4.78, 5) is 0. The van der Waals surface area contributed by atoms with E-state index < -0.39 is 0 Å². The van der Waals surface area contributed by atoms with E-state index in [1.807, 2.05) is 6.92 Å². The Hall–Kier alpha value is -0.0800. The predicted octanol–water partition coefficient (Wildman–Crippen LogP) is 4.69. The van der Waals surface area contributed by atoms with Gasteiger partial charge in [0.05, 0.1) is 11.7 Å². The molecule has 0 aliphatic heterocycles. The average molecular weight is 258 g/mol. The van der Waals surface area contributed by atoms with E-state index in [2.05, 4.69) is 13.8 Å². The van der Waals surface area contributed by atoms with Crippen molar-refractivity contribution in [2.75, 3.05) is 7.11 Å². The van der Waals surface area contributed by atoms with Crippen LogP contribution in [0.2, 0.25) is 0 Å². The second-order valence-corrected chi connectivity index (χ2v) is 5.65. The van der Waals surface area contributed by atoms with Gasteiger partial charge in [0.2, 0.25) is 0 Å². The standard InChI is InChI=1S/C16H34O2/c1-5-7-8-9-10-11-12-13-14-15(17)16(3,6-2)18-4/h15,17H,5-14H2,1-4H3. The third-order valence-corrected chi connectivity index (χ3v) is 4.20. The van der Waals surface area contributed by atoms with Gasteiger partial charge in [-0.3, -0.25) is 0 Å². The van der Waals surface area contributed by atoms with E-state index in [1.54, 1.807) is 7.11 Å². The van der Waals surface area contributed by atoms with Crippen LogP contribution in [0.25, 0.3) is 0 Å². The minimum atomic E-state index is -0.360. The molecule has 2 heteroatoms. The smallest absolute Gasteiger partial charge is 0.0905 e. The van der Waals surface area contributed by atoms with Crippen molar-refractivity contribution >= 4 is 0 Å². The Labute approximate surface area is 114 Å². The molecule has 2 nitrogen and oxygen atoms in total. The highest BCUT2D eigenvalue weighted by molar-refractivity contribution is 4.81. The number of hydrogen-bond acceptors (Lipinski definition) is 2. The van der Waals surface area contributed by atoms with Crippen LogP contribution in [-0.2, 0) is 4.74 Å². The van der Waals surface area contributed by atoms with Crippen molar-refractivity contribution in [3.05, 3.63) is 0 Å². The molecule has 0 aromatic carbocycles. The number of hydrogen-bond donors (Lipinski definition) is 1. The van der Waals surface area contributed by atoms with E-state index in [4.69, 9.17) is 4.74 Å². The maximum absolute atomic E-state index is 10.1. The van der Waals surface area contributed by atoms with E-state index in [-0.39, 0.29) is 11.7 Å². The van der Waals surface area contributed by atoms with Crippen LogP contribution in [-0.4, -0.2) is 23.9 Å². The van der Waals surface area contributed by atoms with Gasteiger partial charge in [0, 0.05) is 7.11 Å². The van der Waals surface area contributed by atoms with Gasteiger partial charge >= 0.3 is 0 Å². The first-order valence-electron chi connectivity index (χ1n) is 7.84. The molecule has 2 atom stereocenters. The van der Waals surface area contributed by atoms with Gasteiger partial charge in [-0.15, -0.1) is 0 Å². The topological polar surface area (TPSA) is 29.5 Å². The Morgan fingerprint density at radius 1 is 0.944 bits per heavy atom.